The molecule has 0 amide bonds. The van der Waals surface area contributed by atoms with Gasteiger partial charge in [0.15, 0.2) is 0 Å². The zero-order valence-corrected chi connectivity index (χ0v) is 8.41. The van der Waals surface area contributed by atoms with Crippen molar-refractivity contribution in [2.45, 2.75) is 0 Å². The van der Waals surface area contributed by atoms with Gasteiger partial charge in [-0.1, -0.05) is 23.7 Å². The molecule has 3 nitrogen and oxygen atoms in total. The molecular formula is C10H10ClNO2. The summed E-state index contributed by atoms with van der Waals surface area (Å²) in [7, 11) is 1.32. The molecule has 0 aliphatic rings. The van der Waals surface area contributed by atoms with Crippen molar-refractivity contribution in [3.8, 4) is 0 Å². The maximum absolute atomic E-state index is 10.7. The van der Waals surface area contributed by atoms with E-state index in [1.807, 2.05) is 18.2 Å². The molecule has 1 N–H and O–H groups in total. The second-order valence-electron chi connectivity index (χ2n) is 2.48. The van der Waals surface area contributed by atoms with Crippen LogP contribution in [0, 0.1) is 0 Å². The predicted octanol–water partition coefficient (Wildman–Crippen LogP) is 2.44. The van der Waals surface area contributed by atoms with Crippen LogP contribution in [0.5, 0.6) is 0 Å². The number of esters is 1. The zero-order valence-electron chi connectivity index (χ0n) is 7.66. The Balaban J connectivity index is 2.58. The summed E-state index contributed by atoms with van der Waals surface area (Å²) in [6, 6.07) is 7.25. The van der Waals surface area contributed by atoms with Gasteiger partial charge in [-0.15, -0.1) is 0 Å². The SMILES string of the molecule is COC(=O)/C=C\Nc1ccccc1Cl. The smallest absolute Gasteiger partial charge is 0.331 e. The lowest BCUT2D eigenvalue weighted by Gasteiger charge is -2.01. The molecule has 0 saturated carbocycles. The molecule has 0 spiro atoms. The first-order valence-corrected chi connectivity index (χ1v) is 4.37. The van der Waals surface area contributed by atoms with Gasteiger partial charge >= 0.3 is 5.97 Å². The van der Waals surface area contributed by atoms with Crippen LogP contribution >= 0.6 is 11.6 Å². The number of hydrogen-bond acceptors (Lipinski definition) is 3. The second kappa shape index (κ2) is 5.29. The predicted molar refractivity (Wildman–Crippen MR) is 56.2 cm³/mol. The summed E-state index contributed by atoms with van der Waals surface area (Å²) in [4.78, 5) is 10.7. The van der Waals surface area contributed by atoms with Crippen molar-refractivity contribution in [2.75, 3.05) is 12.4 Å². The first-order valence-electron chi connectivity index (χ1n) is 3.99. The third-order valence-corrected chi connectivity index (χ3v) is 1.86. The van der Waals surface area contributed by atoms with E-state index in [-0.39, 0.29) is 0 Å². The fourth-order valence-electron chi connectivity index (χ4n) is 0.846. The Morgan fingerprint density at radius 1 is 1.50 bits per heavy atom. The molecule has 0 radical (unpaired) electrons. The molecule has 0 atom stereocenters. The van der Waals surface area contributed by atoms with Crippen molar-refractivity contribution in [2.24, 2.45) is 0 Å². The highest BCUT2D eigenvalue weighted by atomic mass is 35.5. The van der Waals surface area contributed by atoms with E-state index < -0.39 is 5.97 Å². The minimum Gasteiger partial charge on any atom is -0.466 e. The summed E-state index contributed by atoms with van der Waals surface area (Å²) in [5.74, 6) is -0.412. The molecule has 0 aromatic heterocycles. The lowest BCUT2D eigenvalue weighted by Crippen LogP contribution is -1.96. The number of hydrogen-bond donors (Lipinski definition) is 1. The Hall–Kier alpha value is -1.48. The lowest BCUT2D eigenvalue weighted by atomic mass is 10.3. The van der Waals surface area contributed by atoms with Gasteiger partial charge in [-0.05, 0) is 12.1 Å². The molecule has 1 aromatic carbocycles. The Bertz CT molecular complexity index is 350. The van der Waals surface area contributed by atoms with Gasteiger partial charge in [-0.2, -0.15) is 0 Å². The van der Waals surface area contributed by atoms with Crippen molar-refractivity contribution < 1.29 is 9.53 Å². The third kappa shape index (κ3) is 3.11. The Morgan fingerprint density at radius 3 is 2.86 bits per heavy atom. The fraction of sp³-hybridized carbons (Fsp3) is 0.100. The van der Waals surface area contributed by atoms with Gasteiger partial charge in [0.25, 0.3) is 0 Å². The van der Waals surface area contributed by atoms with Gasteiger partial charge in [0.1, 0.15) is 0 Å². The van der Waals surface area contributed by atoms with Crippen LogP contribution in [0.15, 0.2) is 36.5 Å². The molecule has 0 aliphatic heterocycles. The molecule has 1 aromatic rings. The number of nitrogens with one attached hydrogen (secondary N) is 1. The van der Waals surface area contributed by atoms with Crippen LogP contribution in [-0.2, 0) is 9.53 Å². The molecule has 74 valence electrons. The van der Waals surface area contributed by atoms with Crippen molar-refractivity contribution in [1.82, 2.24) is 0 Å². The lowest BCUT2D eigenvalue weighted by molar-refractivity contribution is -0.134. The van der Waals surface area contributed by atoms with Gasteiger partial charge in [0.2, 0.25) is 0 Å². The van der Waals surface area contributed by atoms with Crippen LogP contribution in [0.2, 0.25) is 5.02 Å². The number of carbonyl (C=O) groups is 1. The summed E-state index contributed by atoms with van der Waals surface area (Å²) < 4.78 is 4.42. The largest absolute Gasteiger partial charge is 0.466 e. The van der Waals surface area contributed by atoms with Gasteiger partial charge < -0.3 is 10.1 Å². The van der Waals surface area contributed by atoms with Crippen LogP contribution in [-0.4, -0.2) is 13.1 Å². The van der Waals surface area contributed by atoms with Crippen LogP contribution in [0.3, 0.4) is 0 Å². The number of methoxy groups -OCH3 is 1. The number of rotatable bonds is 3. The highest BCUT2D eigenvalue weighted by molar-refractivity contribution is 6.33. The molecular weight excluding hydrogens is 202 g/mol. The molecule has 0 heterocycles. The van der Waals surface area contributed by atoms with Gasteiger partial charge in [0, 0.05) is 12.3 Å². The fourth-order valence-corrected chi connectivity index (χ4v) is 1.04. The number of anilines is 1. The van der Waals surface area contributed by atoms with Crippen LogP contribution in [0.4, 0.5) is 5.69 Å². The quantitative estimate of drug-likeness (QED) is 0.617. The van der Waals surface area contributed by atoms with Crippen LogP contribution < -0.4 is 5.32 Å². The van der Waals surface area contributed by atoms with Crippen molar-refractivity contribution in [3.05, 3.63) is 41.6 Å². The van der Waals surface area contributed by atoms with Gasteiger partial charge in [0.05, 0.1) is 17.8 Å². The first-order chi connectivity index (χ1) is 6.74. The standard InChI is InChI=1S/C10H10ClNO2/c1-14-10(13)6-7-12-9-5-3-2-4-8(9)11/h2-7,12H,1H3/b7-6-. The topological polar surface area (TPSA) is 38.3 Å². The number of ether oxygens (including phenoxy) is 1. The molecule has 0 bridgehead atoms. The van der Waals surface area contributed by atoms with Gasteiger partial charge in [-0.25, -0.2) is 4.79 Å². The molecule has 1 rings (SSSR count). The third-order valence-electron chi connectivity index (χ3n) is 1.53. The monoisotopic (exact) mass is 211 g/mol. The van der Waals surface area contributed by atoms with E-state index >= 15 is 0 Å². The van der Waals surface area contributed by atoms with E-state index in [1.165, 1.54) is 19.4 Å². The maximum atomic E-state index is 10.7. The summed E-state index contributed by atoms with van der Waals surface area (Å²) in [5.41, 5.74) is 0.745. The van der Waals surface area contributed by atoms with Crippen molar-refractivity contribution >= 4 is 23.3 Å². The molecule has 4 heteroatoms. The Morgan fingerprint density at radius 2 is 2.21 bits per heavy atom. The minimum absolute atomic E-state index is 0.412. The summed E-state index contributed by atoms with van der Waals surface area (Å²) >= 11 is 5.86. The maximum Gasteiger partial charge on any atom is 0.331 e. The second-order valence-corrected chi connectivity index (χ2v) is 2.89. The number of benzene rings is 1. The van der Waals surface area contributed by atoms with Crippen LogP contribution in [0.25, 0.3) is 0 Å². The zero-order chi connectivity index (χ0) is 10.4. The number of para-hydroxylation sites is 1. The van der Waals surface area contributed by atoms with Gasteiger partial charge in [-0.3, -0.25) is 0 Å². The van der Waals surface area contributed by atoms with E-state index in [2.05, 4.69) is 10.1 Å². The number of halogens is 1. The summed E-state index contributed by atoms with van der Waals surface area (Å²) in [6.45, 7) is 0. The highest BCUT2D eigenvalue weighted by Gasteiger charge is 1.95. The van der Waals surface area contributed by atoms with E-state index in [1.54, 1.807) is 6.07 Å². The highest BCUT2D eigenvalue weighted by Crippen LogP contribution is 2.19. The van der Waals surface area contributed by atoms with Crippen molar-refractivity contribution in [3.63, 3.8) is 0 Å². The summed E-state index contributed by atoms with van der Waals surface area (Å²) in [6.07, 6.45) is 2.76. The first kappa shape index (κ1) is 10.6. The molecule has 0 unspecified atom stereocenters. The number of carbonyl (C=O) groups excluding carboxylic acids is 1. The van der Waals surface area contributed by atoms with E-state index in [0.717, 1.165) is 5.69 Å². The molecule has 0 fully saturated rings. The normalized spacial score (nSPS) is 10.1. The average Bonchev–Trinajstić information content (AvgIpc) is 2.20. The minimum atomic E-state index is -0.412. The molecule has 0 saturated heterocycles. The van der Waals surface area contributed by atoms with Crippen molar-refractivity contribution in [1.29, 1.82) is 0 Å². The van der Waals surface area contributed by atoms with E-state index in [9.17, 15) is 4.79 Å². The van der Waals surface area contributed by atoms with E-state index in [0.29, 0.717) is 5.02 Å². The van der Waals surface area contributed by atoms with Crippen LogP contribution in [0.1, 0.15) is 0 Å². The molecule has 14 heavy (non-hydrogen) atoms. The Kier molecular flexibility index (Phi) is 4.01. The van der Waals surface area contributed by atoms with E-state index in [4.69, 9.17) is 11.6 Å². The average molecular weight is 212 g/mol. The summed E-state index contributed by atoms with van der Waals surface area (Å²) in [5, 5.41) is 3.46. The Labute approximate surface area is 87.3 Å². The molecule has 0 aliphatic carbocycles.